The molecule has 3 amide bonds. The summed E-state index contributed by atoms with van der Waals surface area (Å²) in [7, 11) is 0. The first-order chi connectivity index (χ1) is 13.7. The number of carbonyl (C=O) groups excluding carboxylic acids is 3. The van der Waals surface area contributed by atoms with Gasteiger partial charge in [0.15, 0.2) is 0 Å². The maximum absolute atomic E-state index is 12.7. The largest absolute Gasteiger partial charge is 0.416 e. The van der Waals surface area contributed by atoms with Crippen molar-refractivity contribution >= 4 is 35.2 Å². The first-order valence-electron chi connectivity index (χ1n) is 8.69. The van der Waals surface area contributed by atoms with Crippen molar-refractivity contribution in [1.82, 2.24) is 16.0 Å². The molecule has 1 aromatic carbocycles. The first kappa shape index (κ1) is 22.8. The highest BCUT2D eigenvalue weighted by atomic mass is 32.2. The molecule has 0 aromatic heterocycles. The Morgan fingerprint density at radius 3 is 2.76 bits per heavy atom. The number of benzene rings is 1. The van der Waals surface area contributed by atoms with E-state index < -0.39 is 29.2 Å². The van der Waals surface area contributed by atoms with Crippen LogP contribution >= 0.6 is 11.8 Å². The molecule has 1 fully saturated rings. The Morgan fingerprint density at radius 2 is 2.07 bits per heavy atom. The van der Waals surface area contributed by atoms with Gasteiger partial charge in [-0.3, -0.25) is 19.7 Å². The Balaban J connectivity index is 1.83. The molecule has 2 unspecified atom stereocenters. The Kier molecular flexibility index (Phi) is 8.09. The third-order valence-electron chi connectivity index (χ3n) is 3.84. The van der Waals surface area contributed by atoms with E-state index in [9.17, 15) is 27.6 Å². The number of nitrogens with one attached hydrogen (secondary N) is 4. The standard InChI is InChI=1S/C18H21F3N4O3S/c1-2-6-22-14(26)8-13-9-15(27)25-17(24-13)29-10-16(28)23-12-5-3-4-11(7-12)18(19,20)21/h2-5,7,13,17,24H,1,6,8-10H2,(H,22,26)(H,23,28)(H,25,27). The third kappa shape index (κ3) is 7.78. The molecule has 0 aliphatic carbocycles. The molecule has 0 bridgehead atoms. The second-order valence-corrected chi connectivity index (χ2v) is 7.34. The van der Waals surface area contributed by atoms with Gasteiger partial charge >= 0.3 is 6.18 Å². The summed E-state index contributed by atoms with van der Waals surface area (Å²) >= 11 is 1.06. The predicted octanol–water partition coefficient (Wildman–Crippen LogP) is 1.83. The van der Waals surface area contributed by atoms with Gasteiger partial charge in [0.2, 0.25) is 17.7 Å². The number of anilines is 1. The van der Waals surface area contributed by atoms with Gasteiger partial charge in [0, 0.05) is 31.1 Å². The highest BCUT2D eigenvalue weighted by Gasteiger charge is 2.31. The Labute approximate surface area is 169 Å². The average molecular weight is 430 g/mol. The normalized spacial score (nSPS) is 19.2. The molecule has 29 heavy (non-hydrogen) atoms. The van der Waals surface area contributed by atoms with Gasteiger partial charge in [0.25, 0.3) is 0 Å². The SMILES string of the molecule is C=CCNC(=O)CC1CC(=O)NC(SCC(=O)Nc2cccc(C(F)(F)F)c2)N1. The predicted molar refractivity (Wildman–Crippen MR) is 104 cm³/mol. The average Bonchev–Trinajstić information content (AvgIpc) is 2.64. The van der Waals surface area contributed by atoms with Crippen LogP contribution in [0, 0.1) is 0 Å². The summed E-state index contributed by atoms with van der Waals surface area (Å²) in [6.45, 7) is 3.82. The zero-order chi connectivity index (χ0) is 21.4. The number of alkyl halides is 3. The molecule has 1 aliphatic heterocycles. The molecule has 158 valence electrons. The van der Waals surface area contributed by atoms with Crippen LogP contribution in [0.15, 0.2) is 36.9 Å². The summed E-state index contributed by atoms with van der Waals surface area (Å²) in [5.41, 5.74) is -1.43. The highest BCUT2D eigenvalue weighted by Crippen LogP contribution is 2.30. The van der Waals surface area contributed by atoms with Crippen molar-refractivity contribution in [3.8, 4) is 0 Å². The molecule has 1 aliphatic rings. The van der Waals surface area contributed by atoms with Crippen LogP contribution in [-0.2, 0) is 20.6 Å². The lowest BCUT2D eigenvalue weighted by Crippen LogP contribution is -2.56. The number of hydrogen-bond donors (Lipinski definition) is 4. The molecule has 0 radical (unpaired) electrons. The van der Waals surface area contributed by atoms with Crippen LogP contribution < -0.4 is 21.3 Å². The lowest BCUT2D eigenvalue weighted by atomic mass is 10.1. The van der Waals surface area contributed by atoms with Gasteiger partial charge in [-0.05, 0) is 18.2 Å². The maximum Gasteiger partial charge on any atom is 0.416 e. The van der Waals surface area contributed by atoms with Crippen LogP contribution in [0.1, 0.15) is 18.4 Å². The summed E-state index contributed by atoms with van der Waals surface area (Å²) in [5.74, 6) is -1.12. The fourth-order valence-corrected chi connectivity index (χ4v) is 3.47. The van der Waals surface area contributed by atoms with Crippen molar-refractivity contribution in [2.24, 2.45) is 0 Å². The molecule has 7 nitrogen and oxygen atoms in total. The lowest BCUT2D eigenvalue weighted by Gasteiger charge is -2.30. The monoisotopic (exact) mass is 430 g/mol. The molecule has 1 heterocycles. The van der Waals surface area contributed by atoms with Crippen LogP contribution in [0.3, 0.4) is 0 Å². The molecular formula is C18H21F3N4O3S. The van der Waals surface area contributed by atoms with Crippen molar-refractivity contribution < 1.29 is 27.6 Å². The van der Waals surface area contributed by atoms with E-state index in [1.165, 1.54) is 12.1 Å². The number of rotatable bonds is 8. The van der Waals surface area contributed by atoms with Crippen LogP contribution in [0.2, 0.25) is 0 Å². The highest BCUT2D eigenvalue weighted by molar-refractivity contribution is 8.00. The van der Waals surface area contributed by atoms with E-state index in [-0.39, 0.29) is 36.1 Å². The number of hydrogen-bond acceptors (Lipinski definition) is 5. The van der Waals surface area contributed by atoms with E-state index in [0.717, 1.165) is 23.9 Å². The second kappa shape index (κ2) is 10.3. The van der Waals surface area contributed by atoms with Crippen molar-refractivity contribution in [3.63, 3.8) is 0 Å². The van der Waals surface area contributed by atoms with Gasteiger partial charge in [0.1, 0.15) is 5.50 Å². The third-order valence-corrected chi connectivity index (χ3v) is 4.86. The number of amides is 3. The van der Waals surface area contributed by atoms with E-state index in [2.05, 4.69) is 27.8 Å². The van der Waals surface area contributed by atoms with Gasteiger partial charge in [-0.25, -0.2) is 0 Å². The van der Waals surface area contributed by atoms with Crippen molar-refractivity contribution in [1.29, 1.82) is 0 Å². The Hall–Kier alpha value is -2.53. The number of thioether (sulfide) groups is 1. The van der Waals surface area contributed by atoms with E-state index in [1.807, 2.05) is 0 Å². The summed E-state index contributed by atoms with van der Waals surface area (Å²) < 4.78 is 38.2. The molecule has 2 atom stereocenters. The Morgan fingerprint density at radius 1 is 1.31 bits per heavy atom. The van der Waals surface area contributed by atoms with Gasteiger partial charge < -0.3 is 16.0 Å². The van der Waals surface area contributed by atoms with Crippen LogP contribution in [0.5, 0.6) is 0 Å². The van der Waals surface area contributed by atoms with Crippen LogP contribution in [-0.4, -0.2) is 41.6 Å². The number of halogens is 3. The molecule has 0 spiro atoms. The molecule has 4 N–H and O–H groups in total. The fraction of sp³-hybridized carbons (Fsp3) is 0.389. The fourth-order valence-electron chi connectivity index (χ4n) is 2.58. The van der Waals surface area contributed by atoms with Gasteiger partial charge in [-0.15, -0.1) is 18.3 Å². The van der Waals surface area contributed by atoms with E-state index >= 15 is 0 Å². The van der Waals surface area contributed by atoms with Crippen molar-refractivity contribution in [2.75, 3.05) is 17.6 Å². The van der Waals surface area contributed by atoms with Crippen molar-refractivity contribution in [3.05, 3.63) is 42.5 Å². The number of carbonyl (C=O) groups is 3. The van der Waals surface area contributed by atoms with Gasteiger partial charge in [-0.1, -0.05) is 12.1 Å². The molecular weight excluding hydrogens is 409 g/mol. The summed E-state index contributed by atoms with van der Waals surface area (Å²) in [4.78, 5) is 35.6. The second-order valence-electron chi connectivity index (χ2n) is 6.25. The van der Waals surface area contributed by atoms with Crippen LogP contribution in [0.4, 0.5) is 18.9 Å². The van der Waals surface area contributed by atoms with Crippen LogP contribution in [0.25, 0.3) is 0 Å². The zero-order valence-electron chi connectivity index (χ0n) is 15.3. The van der Waals surface area contributed by atoms with Gasteiger partial charge in [0.05, 0.1) is 11.3 Å². The summed E-state index contributed by atoms with van der Waals surface area (Å²) in [5, 5.41) is 10.7. The maximum atomic E-state index is 12.7. The minimum atomic E-state index is -4.50. The smallest absolute Gasteiger partial charge is 0.353 e. The summed E-state index contributed by atoms with van der Waals surface area (Å²) in [6.07, 6.45) is -2.75. The summed E-state index contributed by atoms with van der Waals surface area (Å²) in [6, 6.07) is 3.93. The lowest BCUT2D eigenvalue weighted by molar-refractivity contribution is -0.137. The molecule has 11 heteroatoms. The molecule has 2 rings (SSSR count). The Bertz CT molecular complexity index is 773. The van der Waals surface area contributed by atoms with Gasteiger partial charge in [-0.2, -0.15) is 13.2 Å². The van der Waals surface area contributed by atoms with Crippen molar-refractivity contribution in [2.45, 2.75) is 30.6 Å². The molecule has 0 saturated carbocycles. The first-order valence-corrected chi connectivity index (χ1v) is 9.74. The van der Waals surface area contributed by atoms with E-state index in [0.29, 0.717) is 6.54 Å². The topological polar surface area (TPSA) is 99.3 Å². The zero-order valence-corrected chi connectivity index (χ0v) is 16.2. The quantitative estimate of drug-likeness (QED) is 0.472. The molecule has 1 aromatic rings. The van der Waals surface area contributed by atoms with E-state index in [1.54, 1.807) is 6.08 Å². The minimum Gasteiger partial charge on any atom is -0.353 e. The molecule has 1 saturated heterocycles. The minimum absolute atomic E-state index is 0.0304. The van der Waals surface area contributed by atoms with E-state index in [4.69, 9.17) is 0 Å².